The van der Waals surface area contributed by atoms with Gasteiger partial charge in [0, 0.05) is 11.6 Å². The SMILES string of the molecule is Cc1cc(C)cc(NC(=O)CSC[C@H]2CC2(Cl)Cl)c1. The normalized spacial score (nSPS) is 20.1. The lowest BCUT2D eigenvalue weighted by Gasteiger charge is -2.07. The standard InChI is InChI=1S/C14H17Cl2NOS/c1-9-3-10(2)5-12(4-9)17-13(18)8-19-7-11-6-14(11,15)16/h3-5,11H,6-8H2,1-2H3,(H,17,18)/t11-/m1/s1. The average Bonchev–Trinajstić information content (AvgIpc) is 2.84. The molecule has 0 bridgehead atoms. The molecule has 1 aliphatic carbocycles. The van der Waals surface area contributed by atoms with Crippen molar-refractivity contribution >= 4 is 46.6 Å². The topological polar surface area (TPSA) is 29.1 Å². The first-order valence-corrected chi connectivity index (χ1v) is 8.11. The predicted octanol–water partition coefficient (Wildman–Crippen LogP) is 4.17. The molecule has 0 radical (unpaired) electrons. The number of carbonyl (C=O) groups is 1. The summed E-state index contributed by atoms with van der Waals surface area (Å²) < 4.78 is -0.545. The highest BCUT2D eigenvalue weighted by molar-refractivity contribution is 8.00. The summed E-state index contributed by atoms with van der Waals surface area (Å²) in [5.74, 6) is 1.63. The van der Waals surface area contributed by atoms with Gasteiger partial charge in [0.15, 0.2) is 0 Å². The Bertz CT molecular complexity index is 470. The summed E-state index contributed by atoms with van der Waals surface area (Å²) in [6.45, 7) is 4.04. The molecule has 0 aromatic heterocycles. The molecule has 0 unspecified atom stereocenters. The van der Waals surface area contributed by atoms with Crippen LogP contribution in [0.1, 0.15) is 17.5 Å². The highest BCUT2D eigenvalue weighted by Crippen LogP contribution is 2.54. The quantitative estimate of drug-likeness (QED) is 0.826. The van der Waals surface area contributed by atoms with Crippen molar-refractivity contribution < 1.29 is 4.79 Å². The predicted molar refractivity (Wildman–Crippen MR) is 84.4 cm³/mol. The van der Waals surface area contributed by atoms with Gasteiger partial charge in [-0.05, 0) is 49.3 Å². The number of hydrogen-bond donors (Lipinski definition) is 1. The van der Waals surface area contributed by atoms with E-state index in [4.69, 9.17) is 23.2 Å². The molecule has 2 nitrogen and oxygen atoms in total. The number of anilines is 1. The number of nitrogens with one attached hydrogen (secondary N) is 1. The van der Waals surface area contributed by atoms with Crippen LogP contribution >= 0.6 is 35.0 Å². The Labute approximate surface area is 128 Å². The number of rotatable bonds is 5. The van der Waals surface area contributed by atoms with E-state index in [-0.39, 0.29) is 5.91 Å². The zero-order valence-electron chi connectivity index (χ0n) is 11.0. The molecule has 19 heavy (non-hydrogen) atoms. The molecule has 1 atom stereocenters. The van der Waals surface area contributed by atoms with E-state index in [0.29, 0.717) is 11.7 Å². The van der Waals surface area contributed by atoms with Gasteiger partial charge in [0.1, 0.15) is 4.33 Å². The van der Waals surface area contributed by atoms with Gasteiger partial charge >= 0.3 is 0 Å². The van der Waals surface area contributed by atoms with Gasteiger partial charge in [-0.25, -0.2) is 0 Å². The van der Waals surface area contributed by atoms with Gasteiger partial charge < -0.3 is 5.32 Å². The number of thioether (sulfide) groups is 1. The molecule has 0 heterocycles. The van der Waals surface area contributed by atoms with Crippen LogP contribution in [-0.2, 0) is 4.79 Å². The number of hydrogen-bond acceptors (Lipinski definition) is 2. The summed E-state index contributed by atoms with van der Waals surface area (Å²) in [6, 6.07) is 6.02. The largest absolute Gasteiger partial charge is 0.325 e. The van der Waals surface area contributed by atoms with Crippen molar-refractivity contribution in [2.75, 3.05) is 16.8 Å². The van der Waals surface area contributed by atoms with Gasteiger partial charge in [-0.15, -0.1) is 23.2 Å². The van der Waals surface area contributed by atoms with Gasteiger partial charge in [0.2, 0.25) is 5.91 Å². The highest BCUT2D eigenvalue weighted by atomic mass is 35.5. The van der Waals surface area contributed by atoms with Gasteiger partial charge in [0.05, 0.1) is 5.75 Å². The van der Waals surface area contributed by atoms with E-state index in [1.54, 1.807) is 11.8 Å². The fourth-order valence-electron chi connectivity index (χ4n) is 1.99. The maximum absolute atomic E-state index is 11.8. The summed E-state index contributed by atoms with van der Waals surface area (Å²) in [4.78, 5) is 11.8. The smallest absolute Gasteiger partial charge is 0.234 e. The fourth-order valence-corrected chi connectivity index (χ4v) is 3.76. The van der Waals surface area contributed by atoms with Crippen LogP contribution in [0.3, 0.4) is 0 Å². The van der Waals surface area contributed by atoms with Crippen LogP contribution in [0, 0.1) is 19.8 Å². The lowest BCUT2D eigenvalue weighted by atomic mass is 10.1. The third-order valence-corrected chi connectivity index (χ3v) is 5.04. The minimum atomic E-state index is -0.545. The molecule has 1 aromatic carbocycles. The van der Waals surface area contributed by atoms with E-state index >= 15 is 0 Å². The molecule has 0 spiro atoms. The lowest BCUT2D eigenvalue weighted by Crippen LogP contribution is -2.15. The molecular formula is C14H17Cl2NOS. The Morgan fingerprint density at radius 3 is 2.47 bits per heavy atom. The lowest BCUT2D eigenvalue weighted by molar-refractivity contribution is -0.113. The third kappa shape index (κ3) is 4.59. The number of aryl methyl sites for hydroxylation is 2. The van der Waals surface area contributed by atoms with Crippen molar-refractivity contribution in [3.63, 3.8) is 0 Å². The number of alkyl halides is 2. The van der Waals surface area contributed by atoms with Crippen LogP contribution in [0.4, 0.5) is 5.69 Å². The van der Waals surface area contributed by atoms with Crippen molar-refractivity contribution in [3.8, 4) is 0 Å². The Balaban J connectivity index is 1.75. The van der Waals surface area contributed by atoms with E-state index in [9.17, 15) is 4.79 Å². The first-order chi connectivity index (χ1) is 8.87. The number of benzene rings is 1. The second-order valence-corrected chi connectivity index (χ2v) is 7.67. The molecule has 104 valence electrons. The molecule has 0 aliphatic heterocycles. The van der Waals surface area contributed by atoms with Crippen molar-refractivity contribution in [3.05, 3.63) is 29.3 Å². The van der Waals surface area contributed by atoms with E-state index in [1.807, 2.05) is 26.0 Å². The van der Waals surface area contributed by atoms with Crippen LogP contribution < -0.4 is 5.32 Å². The minimum Gasteiger partial charge on any atom is -0.325 e. The first-order valence-electron chi connectivity index (χ1n) is 6.20. The van der Waals surface area contributed by atoms with Crippen molar-refractivity contribution in [2.45, 2.75) is 24.6 Å². The first kappa shape index (κ1) is 15.0. The molecular weight excluding hydrogens is 301 g/mol. The van der Waals surface area contributed by atoms with Crippen molar-refractivity contribution in [1.82, 2.24) is 0 Å². The molecule has 1 aromatic rings. The van der Waals surface area contributed by atoms with Gasteiger partial charge in [-0.3, -0.25) is 4.79 Å². The number of halogens is 2. The second-order valence-electron chi connectivity index (χ2n) is 5.10. The Hall–Kier alpha value is -0.380. The molecule has 2 rings (SSSR count). The number of carbonyl (C=O) groups excluding carboxylic acids is 1. The summed E-state index contributed by atoms with van der Waals surface area (Å²) in [5, 5.41) is 2.91. The van der Waals surface area contributed by atoms with Crippen molar-refractivity contribution in [1.29, 1.82) is 0 Å². The molecule has 1 N–H and O–H groups in total. The highest BCUT2D eigenvalue weighted by Gasteiger charge is 2.51. The van der Waals surface area contributed by atoms with E-state index in [1.165, 1.54) is 0 Å². The molecule has 1 fully saturated rings. The number of amides is 1. The summed E-state index contributed by atoms with van der Waals surface area (Å²) in [7, 11) is 0. The summed E-state index contributed by atoms with van der Waals surface area (Å²) in [5.41, 5.74) is 3.16. The maximum atomic E-state index is 11.8. The summed E-state index contributed by atoms with van der Waals surface area (Å²) >= 11 is 13.5. The van der Waals surface area contributed by atoms with E-state index in [0.717, 1.165) is 29.0 Å². The monoisotopic (exact) mass is 317 g/mol. The Morgan fingerprint density at radius 2 is 1.95 bits per heavy atom. The zero-order valence-corrected chi connectivity index (χ0v) is 13.3. The molecule has 1 amide bonds. The van der Waals surface area contributed by atoms with E-state index < -0.39 is 4.33 Å². The Kier molecular flexibility index (Phi) is 4.70. The molecule has 1 saturated carbocycles. The van der Waals surface area contributed by atoms with Crippen LogP contribution in [0.25, 0.3) is 0 Å². The molecule has 1 aliphatic rings. The minimum absolute atomic E-state index is 0.0189. The van der Waals surface area contributed by atoms with Crippen LogP contribution in [0.15, 0.2) is 18.2 Å². The van der Waals surface area contributed by atoms with Crippen LogP contribution in [0.5, 0.6) is 0 Å². The van der Waals surface area contributed by atoms with Gasteiger partial charge in [-0.2, -0.15) is 11.8 Å². The Morgan fingerprint density at radius 1 is 1.37 bits per heavy atom. The van der Waals surface area contributed by atoms with Crippen LogP contribution in [-0.4, -0.2) is 21.7 Å². The molecule has 5 heteroatoms. The maximum Gasteiger partial charge on any atom is 0.234 e. The van der Waals surface area contributed by atoms with Gasteiger partial charge in [-0.1, -0.05) is 6.07 Å². The van der Waals surface area contributed by atoms with E-state index in [2.05, 4.69) is 11.4 Å². The summed E-state index contributed by atoms with van der Waals surface area (Å²) in [6.07, 6.45) is 0.835. The van der Waals surface area contributed by atoms with Crippen LogP contribution in [0.2, 0.25) is 0 Å². The van der Waals surface area contributed by atoms with Gasteiger partial charge in [0.25, 0.3) is 0 Å². The fraction of sp³-hybridized carbons (Fsp3) is 0.500. The molecule has 0 saturated heterocycles. The van der Waals surface area contributed by atoms with Crippen molar-refractivity contribution in [2.24, 2.45) is 5.92 Å². The third-order valence-electron chi connectivity index (χ3n) is 3.01. The second kappa shape index (κ2) is 5.94. The average molecular weight is 318 g/mol. The zero-order chi connectivity index (χ0) is 14.0.